The van der Waals surface area contributed by atoms with Crippen molar-refractivity contribution in [1.29, 1.82) is 0 Å². The summed E-state index contributed by atoms with van der Waals surface area (Å²) < 4.78 is 44.3. The van der Waals surface area contributed by atoms with Crippen molar-refractivity contribution < 1.29 is 32.6 Å². The first-order valence-corrected chi connectivity index (χ1v) is 17.8. The highest BCUT2D eigenvalue weighted by atomic mass is 32.2. The molecule has 1 amide bonds. The lowest BCUT2D eigenvalue weighted by Crippen LogP contribution is -2.50. The van der Waals surface area contributed by atoms with E-state index in [9.17, 15) is 23.1 Å². The van der Waals surface area contributed by atoms with Gasteiger partial charge in [-0.25, -0.2) is 13.4 Å². The Morgan fingerprint density at radius 2 is 1.82 bits per heavy atom. The number of sulfonamides is 1. The summed E-state index contributed by atoms with van der Waals surface area (Å²) in [4.78, 5) is 28.7. The van der Waals surface area contributed by atoms with E-state index in [0.717, 1.165) is 33.6 Å². The molecule has 0 bridgehead atoms. The number of aromatic nitrogens is 4. The van der Waals surface area contributed by atoms with E-state index in [1.807, 2.05) is 55.6 Å². The maximum Gasteiger partial charge on any atom is 0.310 e. The van der Waals surface area contributed by atoms with Crippen LogP contribution in [0.3, 0.4) is 0 Å². The van der Waals surface area contributed by atoms with Crippen molar-refractivity contribution >= 4 is 27.5 Å². The van der Waals surface area contributed by atoms with Crippen LogP contribution in [0.15, 0.2) is 47.5 Å². The van der Waals surface area contributed by atoms with Crippen molar-refractivity contribution in [2.45, 2.75) is 83.3 Å². The molecule has 1 aromatic carbocycles. The molecular formula is C35H42N6O7S. The van der Waals surface area contributed by atoms with Crippen LogP contribution >= 0.6 is 0 Å². The zero-order valence-electron chi connectivity index (χ0n) is 28.4. The molecule has 14 heteroatoms. The molecule has 49 heavy (non-hydrogen) atoms. The van der Waals surface area contributed by atoms with E-state index < -0.39 is 38.8 Å². The SMILES string of the molecule is Cc1ccc([C@@H](c2ccn3c(C)nnc3c2C)C(C)(C)C(=O)O)cc1CN1CC2(CCOCC2)Oc2nc(CCC(N)=O)ccc2S1(=O)=O. The molecule has 1 saturated heterocycles. The van der Waals surface area contributed by atoms with Crippen LogP contribution in [0.25, 0.3) is 5.65 Å². The summed E-state index contributed by atoms with van der Waals surface area (Å²) in [6, 6.07) is 10.7. The summed E-state index contributed by atoms with van der Waals surface area (Å²) in [6.45, 7) is 9.99. The molecule has 2 aliphatic rings. The Bertz CT molecular complexity index is 2050. The minimum atomic E-state index is -4.11. The van der Waals surface area contributed by atoms with Crippen LogP contribution in [0.1, 0.15) is 78.4 Å². The van der Waals surface area contributed by atoms with Gasteiger partial charge in [-0.2, -0.15) is 4.31 Å². The van der Waals surface area contributed by atoms with Crippen molar-refractivity contribution in [2.75, 3.05) is 19.8 Å². The van der Waals surface area contributed by atoms with E-state index in [2.05, 4.69) is 15.2 Å². The molecule has 1 spiro atoms. The number of hydrogen-bond donors (Lipinski definition) is 2. The van der Waals surface area contributed by atoms with Gasteiger partial charge in [-0.15, -0.1) is 10.2 Å². The molecule has 1 fully saturated rings. The third-order valence-electron chi connectivity index (χ3n) is 9.99. The number of primary amides is 1. The molecular weight excluding hydrogens is 648 g/mol. The quantitative estimate of drug-likeness (QED) is 0.262. The highest BCUT2D eigenvalue weighted by Gasteiger charge is 2.46. The Labute approximate surface area is 285 Å². The number of carboxylic acids is 1. The average Bonchev–Trinajstić information content (AvgIpc) is 3.40. The highest BCUT2D eigenvalue weighted by Crippen LogP contribution is 2.44. The maximum absolute atomic E-state index is 14.4. The molecule has 0 aliphatic carbocycles. The van der Waals surface area contributed by atoms with E-state index in [4.69, 9.17) is 15.2 Å². The standard InChI is InChI=1S/C35H42N6O7S/c1-21-6-7-24(30(34(4,5)33(43)44)27-12-15-41-23(3)38-39-31(41)22(27)2)18-25(21)19-40-20-35(13-16-47-17-14-35)48-32-28(49(40,45)46)10-8-26(37-32)9-11-29(36)42/h6-8,10,12,15,18,30H,9,11,13-14,16-17,19-20H2,1-5H3,(H2,36,42)(H,43,44)/t30-/m0/s1. The van der Waals surface area contributed by atoms with E-state index in [1.165, 1.54) is 10.4 Å². The van der Waals surface area contributed by atoms with Crippen LogP contribution in [0.5, 0.6) is 5.88 Å². The largest absolute Gasteiger partial charge is 0.481 e. The lowest BCUT2D eigenvalue weighted by molar-refractivity contribution is -0.147. The number of carboxylic acid groups (broad SMARTS) is 1. The Kier molecular flexibility index (Phi) is 9.01. The molecule has 0 radical (unpaired) electrons. The number of carbonyl (C=O) groups is 2. The van der Waals surface area contributed by atoms with Gasteiger partial charge in [0.25, 0.3) is 0 Å². The molecule has 2 aliphatic heterocycles. The summed E-state index contributed by atoms with van der Waals surface area (Å²) in [5, 5.41) is 19.0. The molecule has 3 aromatic heterocycles. The normalized spacial score (nSPS) is 18.1. The van der Waals surface area contributed by atoms with Gasteiger partial charge in [0, 0.05) is 43.6 Å². The van der Waals surface area contributed by atoms with Crippen molar-refractivity contribution in [3.05, 3.63) is 81.9 Å². The smallest absolute Gasteiger partial charge is 0.310 e. The minimum absolute atomic E-state index is 0.00898. The summed E-state index contributed by atoms with van der Waals surface area (Å²) in [5.74, 6) is -1.31. The second-order valence-electron chi connectivity index (χ2n) is 13.7. The molecule has 1 atom stereocenters. The van der Waals surface area contributed by atoms with E-state index in [-0.39, 0.29) is 36.7 Å². The first kappa shape index (κ1) is 34.5. The minimum Gasteiger partial charge on any atom is -0.481 e. The van der Waals surface area contributed by atoms with Gasteiger partial charge >= 0.3 is 5.97 Å². The predicted molar refractivity (Wildman–Crippen MR) is 180 cm³/mol. The number of hydrogen-bond acceptors (Lipinski definition) is 9. The second-order valence-corrected chi connectivity index (χ2v) is 15.6. The molecule has 0 unspecified atom stereocenters. The summed E-state index contributed by atoms with van der Waals surface area (Å²) in [7, 11) is -4.11. The lowest BCUT2D eigenvalue weighted by Gasteiger charge is -2.38. The van der Waals surface area contributed by atoms with Crippen LogP contribution in [0.2, 0.25) is 0 Å². The number of ether oxygens (including phenoxy) is 2. The third kappa shape index (κ3) is 6.40. The number of aryl methyl sites for hydroxylation is 4. The van der Waals surface area contributed by atoms with E-state index >= 15 is 0 Å². The fraction of sp³-hybridized carbons (Fsp3) is 0.457. The number of rotatable bonds is 9. The zero-order valence-corrected chi connectivity index (χ0v) is 29.2. The van der Waals surface area contributed by atoms with Gasteiger partial charge in [0.15, 0.2) is 5.65 Å². The first-order chi connectivity index (χ1) is 23.1. The molecule has 5 heterocycles. The van der Waals surface area contributed by atoms with Crippen LogP contribution < -0.4 is 10.5 Å². The van der Waals surface area contributed by atoms with E-state index in [0.29, 0.717) is 37.4 Å². The number of nitrogens with two attached hydrogens (primary N) is 1. The lowest BCUT2D eigenvalue weighted by atomic mass is 9.70. The number of pyridine rings is 2. The topological polar surface area (TPSA) is 179 Å². The molecule has 0 saturated carbocycles. The molecule has 260 valence electrons. The van der Waals surface area contributed by atoms with Crippen molar-refractivity contribution in [3.8, 4) is 5.88 Å². The Hall–Kier alpha value is -4.40. The molecule has 4 aromatic rings. The van der Waals surface area contributed by atoms with Crippen molar-refractivity contribution in [3.63, 3.8) is 0 Å². The number of amides is 1. The van der Waals surface area contributed by atoms with Crippen molar-refractivity contribution in [2.24, 2.45) is 11.1 Å². The van der Waals surface area contributed by atoms with Crippen LogP contribution in [-0.2, 0) is 37.3 Å². The van der Waals surface area contributed by atoms with Gasteiger partial charge < -0.3 is 20.3 Å². The molecule has 3 N–H and O–H groups in total. The monoisotopic (exact) mass is 690 g/mol. The van der Waals surface area contributed by atoms with Gasteiger partial charge in [-0.05, 0) is 87.1 Å². The van der Waals surface area contributed by atoms with Gasteiger partial charge in [0.2, 0.25) is 21.8 Å². The molecule has 6 rings (SSSR count). The molecule has 13 nitrogen and oxygen atoms in total. The predicted octanol–water partition coefficient (Wildman–Crippen LogP) is 3.84. The third-order valence-corrected chi connectivity index (χ3v) is 11.8. The fourth-order valence-corrected chi connectivity index (χ4v) is 8.46. The summed E-state index contributed by atoms with van der Waals surface area (Å²) in [6.07, 6.45) is 3.11. The first-order valence-electron chi connectivity index (χ1n) is 16.3. The van der Waals surface area contributed by atoms with E-state index in [1.54, 1.807) is 19.9 Å². The number of carbonyl (C=O) groups excluding carboxylic acids is 1. The van der Waals surface area contributed by atoms with Crippen LogP contribution in [0.4, 0.5) is 0 Å². The number of fused-ring (bicyclic) bond motifs is 2. The number of nitrogens with zero attached hydrogens (tertiary/aromatic N) is 5. The van der Waals surface area contributed by atoms with Crippen LogP contribution in [0, 0.1) is 26.2 Å². The fourth-order valence-electron chi connectivity index (χ4n) is 6.92. The average molecular weight is 691 g/mol. The highest BCUT2D eigenvalue weighted by molar-refractivity contribution is 7.89. The Morgan fingerprint density at radius 1 is 1.08 bits per heavy atom. The summed E-state index contributed by atoms with van der Waals surface area (Å²) >= 11 is 0. The van der Waals surface area contributed by atoms with Gasteiger partial charge in [0.1, 0.15) is 16.3 Å². The summed E-state index contributed by atoms with van der Waals surface area (Å²) in [5.41, 5.74) is 8.33. The number of benzene rings is 1. The Morgan fingerprint density at radius 3 is 2.51 bits per heavy atom. The Balaban J connectivity index is 1.44. The number of aliphatic carboxylic acids is 1. The van der Waals surface area contributed by atoms with Crippen molar-refractivity contribution in [1.82, 2.24) is 23.9 Å². The van der Waals surface area contributed by atoms with Gasteiger partial charge in [-0.3, -0.25) is 14.0 Å². The van der Waals surface area contributed by atoms with Gasteiger partial charge in [0.05, 0.1) is 25.2 Å². The zero-order chi connectivity index (χ0) is 35.3. The van der Waals surface area contributed by atoms with Crippen LogP contribution in [-0.4, -0.2) is 74.6 Å². The van der Waals surface area contributed by atoms with Gasteiger partial charge in [-0.1, -0.05) is 18.2 Å². The second kappa shape index (κ2) is 12.8. The maximum atomic E-state index is 14.4.